The maximum atomic E-state index is 11.4. The normalized spacial score (nSPS) is 15.1. The third-order valence-electron chi connectivity index (χ3n) is 2.65. The van der Waals surface area contributed by atoms with Gasteiger partial charge in [-0.05, 0) is 6.42 Å². The van der Waals surface area contributed by atoms with Gasteiger partial charge in [0.25, 0.3) is 11.8 Å². The number of carbonyl (C=O) groups excluding carboxylic acids is 3. The molecule has 1 aliphatic heterocycles. The Hall–Kier alpha value is -1.08. The fourth-order valence-electron chi connectivity index (χ4n) is 1.55. The second-order valence-corrected chi connectivity index (χ2v) is 5.08. The van der Waals surface area contributed by atoms with Crippen molar-refractivity contribution in [1.82, 2.24) is 10.4 Å². The van der Waals surface area contributed by atoms with Gasteiger partial charge in [-0.2, -0.15) is 4.28 Å². The predicted molar refractivity (Wildman–Crippen MR) is 71.8 cm³/mol. The second kappa shape index (κ2) is 8.92. The average Bonchev–Trinajstić information content (AvgIpc) is 2.71. The summed E-state index contributed by atoms with van der Waals surface area (Å²) < 4.78 is 4.99. The molecule has 0 aliphatic carbocycles. The highest BCUT2D eigenvalue weighted by molar-refractivity contribution is 7.94. The first-order chi connectivity index (χ1) is 9.15. The van der Waals surface area contributed by atoms with Crippen LogP contribution in [-0.2, 0) is 18.7 Å². The van der Waals surface area contributed by atoms with E-state index in [9.17, 15) is 14.4 Å². The molecule has 1 fully saturated rings. The number of unbranched alkanes of at least 4 members (excludes halogenated alkanes) is 2. The summed E-state index contributed by atoms with van der Waals surface area (Å²) in [6, 6.07) is 0. The van der Waals surface area contributed by atoms with Gasteiger partial charge in [-0.25, -0.2) is 0 Å². The van der Waals surface area contributed by atoms with Gasteiger partial charge in [0, 0.05) is 43.6 Å². The van der Waals surface area contributed by atoms with Crippen molar-refractivity contribution in [2.45, 2.75) is 45.4 Å². The summed E-state index contributed by atoms with van der Waals surface area (Å²) in [5.74, 6) is -0.259. The number of nitrogens with zero attached hydrogens (tertiary/aromatic N) is 1. The van der Waals surface area contributed by atoms with E-state index in [4.69, 9.17) is 4.28 Å². The largest absolute Gasteiger partial charge is 0.356 e. The fraction of sp³-hybridized carbons (Fsp3) is 0.750. The smallest absolute Gasteiger partial charge is 0.254 e. The Bertz CT molecular complexity index is 320. The maximum absolute atomic E-state index is 11.4. The molecule has 1 aliphatic rings. The molecule has 19 heavy (non-hydrogen) atoms. The zero-order valence-electron chi connectivity index (χ0n) is 11.1. The Morgan fingerprint density at radius 1 is 1.32 bits per heavy atom. The van der Waals surface area contributed by atoms with Crippen LogP contribution >= 0.6 is 12.0 Å². The molecule has 3 amide bonds. The van der Waals surface area contributed by atoms with Crippen LogP contribution in [-0.4, -0.2) is 35.1 Å². The van der Waals surface area contributed by atoms with Crippen molar-refractivity contribution in [3.63, 3.8) is 0 Å². The average molecular weight is 288 g/mol. The first-order valence-corrected chi connectivity index (χ1v) is 7.48. The number of hydrogen-bond acceptors (Lipinski definition) is 5. The lowest BCUT2D eigenvalue weighted by Gasteiger charge is -2.11. The second-order valence-electron chi connectivity index (χ2n) is 4.29. The number of rotatable bonds is 9. The third-order valence-corrected chi connectivity index (χ3v) is 3.27. The Labute approximate surface area is 117 Å². The molecule has 1 saturated heterocycles. The lowest BCUT2D eigenvalue weighted by Crippen LogP contribution is -2.27. The Morgan fingerprint density at radius 3 is 2.63 bits per heavy atom. The van der Waals surface area contributed by atoms with E-state index in [1.54, 1.807) is 0 Å². The molecule has 0 bridgehead atoms. The van der Waals surface area contributed by atoms with E-state index < -0.39 is 0 Å². The van der Waals surface area contributed by atoms with Crippen LogP contribution in [0.1, 0.15) is 45.4 Å². The molecule has 0 saturated carbocycles. The van der Waals surface area contributed by atoms with Crippen LogP contribution in [0.15, 0.2) is 0 Å². The first kappa shape index (κ1) is 16.0. The molecule has 0 spiro atoms. The van der Waals surface area contributed by atoms with Gasteiger partial charge >= 0.3 is 0 Å². The number of carbonyl (C=O) groups is 3. The van der Waals surface area contributed by atoms with Gasteiger partial charge in [0.15, 0.2) is 0 Å². The summed E-state index contributed by atoms with van der Waals surface area (Å²) >= 11 is 0.953. The number of amides is 3. The molecule has 1 heterocycles. The molecule has 108 valence electrons. The predicted octanol–water partition coefficient (Wildman–Crippen LogP) is 1.41. The highest BCUT2D eigenvalue weighted by Crippen LogP contribution is 2.17. The molecule has 0 atom stereocenters. The zero-order chi connectivity index (χ0) is 14.1. The standard InChI is InChI=1S/C12H20N2O4S/c1-2-3-4-8-13-10(15)7-9-19-18-14-11(16)5-6-12(14)17/h2-9H2,1H3,(H,13,15). The van der Waals surface area contributed by atoms with Crippen LogP contribution in [0, 0.1) is 0 Å². The van der Waals surface area contributed by atoms with Crippen molar-refractivity contribution < 1.29 is 18.7 Å². The number of hydroxylamine groups is 2. The first-order valence-electron chi connectivity index (χ1n) is 6.57. The summed E-state index contributed by atoms with van der Waals surface area (Å²) in [6.07, 6.45) is 3.94. The SMILES string of the molecule is CCCCCNC(=O)CCSON1C(=O)CCC1=O. The lowest BCUT2D eigenvalue weighted by molar-refractivity contribution is -0.161. The van der Waals surface area contributed by atoms with Crippen molar-refractivity contribution in [3.8, 4) is 0 Å². The van der Waals surface area contributed by atoms with E-state index in [0.717, 1.165) is 36.4 Å². The molecular weight excluding hydrogens is 268 g/mol. The molecule has 0 aromatic heterocycles. The molecular formula is C12H20N2O4S. The van der Waals surface area contributed by atoms with Crippen molar-refractivity contribution in [2.75, 3.05) is 12.3 Å². The van der Waals surface area contributed by atoms with E-state index in [2.05, 4.69) is 12.2 Å². The molecule has 0 radical (unpaired) electrons. The number of imide groups is 1. The Balaban J connectivity index is 2.02. The Kier molecular flexibility index (Phi) is 7.50. The zero-order valence-corrected chi connectivity index (χ0v) is 12.0. The number of nitrogens with one attached hydrogen (secondary N) is 1. The molecule has 1 N–H and O–H groups in total. The van der Waals surface area contributed by atoms with Gasteiger partial charge in [0.05, 0.1) is 0 Å². The molecule has 0 unspecified atom stereocenters. The summed E-state index contributed by atoms with van der Waals surface area (Å²) in [5.41, 5.74) is 0. The highest BCUT2D eigenvalue weighted by Gasteiger charge is 2.30. The van der Waals surface area contributed by atoms with Crippen LogP contribution in [0.25, 0.3) is 0 Å². The van der Waals surface area contributed by atoms with Gasteiger partial charge in [-0.15, -0.1) is 5.06 Å². The van der Waals surface area contributed by atoms with Crippen LogP contribution in [0.4, 0.5) is 0 Å². The van der Waals surface area contributed by atoms with E-state index in [-0.39, 0.29) is 30.6 Å². The van der Waals surface area contributed by atoms with Gasteiger partial charge in [0.1, 0.15) is 0 Å². The molecule has 0 aromatic rings. The summed E-state index contributed by atoms with van der Waals surface area (Å²) in [6.45, 7) is 2.80. The fourth-order valence-corrected chi connectivity index (χ4v) is 2.17. The quantitative estimate of drug-likeness (QED) is 0.394. The lowest BCUT2D eigenvalue weighted by atomic mass is 10.2. The van der Waals surface area contributed by atoms with Crippen LogP contribution in [0.2, 0.25) is 0 Å². The molecule has 6 nitrogen and oxygen atoms in total. The van der Waals surface area contributed by atoms with Crippen molar-refractivity contribution >= 4 is 29.8 Å². The van der Waals surface area contributed by atoms with Crippen LogP contribution in [0.3, 0.4) is 0 Å². The van der Waals surface area contributed by atoms with Crippen molar-refractivity contribution in [1.29, 1.82) is 0 Å². The highest BCUT2D eigenvalue weighted by atomic mass is 32.2. The molecule has 7 heteroatoms. The van der Waals surface area contributed by atoms with Crippen molar-refractivity contribution in [3.05, 3.63) is 0 Å². The maximum Gasteiger partial charge on any atom is 0.254 e. The minimum absolute atomic E-state index is 0.0359. The minimum Gasteiger partial charge on any atom is -0.356 e. The van der Waals surface area contributed by atoms with Gasteiger partial charge in [-0.3, -0.25) is 14.4 Å². The van der Waals surface area contributed by atoms with E-state index in [0.29, 0.717) is 18.7 Å². The molecule has 1 rings (SSSR count). The van der Waals surface area contributed by atoms with E-state index in [1.807, 2.05) is 0 Å². The van der Waals surface area contributed by atoms with Gasteiger partial charge < -0.3 is 5.32 Å². The van der Waals surface area contributed by atoms with Gasteiger partial charge in [-0.1, -0.05) is 19.8 Å². The molecule has 0 aromatic carbocycles. The summed E-state index contributed by atoms with van der Waals surface area (Å²) in [7, 11) is 0. The topological polar surface area (TPSA) is 75.7 Å². The van der Waals surface area contributed by atoms with Crippen LogP contribution < -0.4 is 5.32 Å². The monoisotopic (exact) mass is 288 g/mol. The summed E-state index contributed by atoms with van der Waals surface area (Å²) in [5, 5.41) is 3.59. The Morgan fingerprint density at radius 2 is 2.00 bits per heavy atom. The summed E-state index contributed by atoms with van der Waals surface area (Å²) in [4.78, 5) is 33.8. The van der Waals surface area contributed by atoms with E-state index in [1.165, 1.54) is 0 Å². The number of hydrogen-bond donors (Lipinski definition) is 1. The van der Waals surface area contributed by atoms with Crippen molar-refractivity contribution in [2.24, 2.45) is 0 Å². The van der Waals surface area contributed by atoms with Gasteiger partial charge in [0.2, 0.25) is 5.91 Å². The third kappa shape index (κ3) is 6.07. The van der Waals surface area contributed by atoms with E-state index >= 15 is 0 Å². The minimum atomic E-state index is -0.318. The van der Waals surface area contributed by atoms with Crippen LogP contribution in [0.5, 0.6) is 0 Å².